The third kappa shape index (κ3) is 3.88. The van der Waals surface area contributed by atoms with Crippen molar-refractivity contribution in [2.24, 2.45) is 0 Å². The minimum atomic E-state index is -4.46. The zero-order chi connectivity index (χ0) is 16.5. The smallest absolute Gasteiger partial charge is 0.354 e. The molecule has 0 amide bonds. The van der Waals surface area contributed by atoms with Crippen molar-refractivity contribution < 1.29 is 13.2 Å². The van der Waals surface area contributed by atoms with Gasteiger partial charge in [-0.05, 0) is 6.54 Å². The van der Waals surface area contributed by atoms with Crippen molar-refractivity contribution in [3.05, 3.63) is 17.6 Å². The van der Waals surface area contributed by atoms with Crippen molar-refractivity contribution in [3.8, 4) is 0 Å². The molecule has 0 aromatic carbocycles. The first-order valence-electron chi connectivity index (χ1n) is 7.55. The molecule has 1 aliphatic rings. The van der Waals surface area contributed by atoms with E-state index in [9.17, 15) is 13.2 Å². The Labute approximate surface area is 129 Å². The number of hydrogen-bond donors (Lipinski definition) is 0. The molecular formula is C15H23F3N4. The number of hydrogen-bond acceptors (Lipinski definition) is 4. The van der Waals surface area contributed by atoms with Gasteiger partial charge in [-0.15, -0.1) is 0 Å². The topological polar surface area (TPSA) is 32.3 Å². The minimum absolute atomic E-state index is 0.232. The molecule has 2 rings (SSSR count). The zero-order valence-electron chi connectivity index (χ0n) is 13.5. The molecule has 1 aromatic heterocycles. The van der Waals surface area contributed by atoms with E-state index in [0.717, 1.165) is 25.7 Å². The first-order chi connectivity index (χ1) is 10.1. The van der Waals surface area contributed by atoms with Gasteiger partial charge in [0.2, 0.25) is 0 Å². The highest BCUT2D eigenvalue weighted by molar-refractivity contribution is 5.42. The predicted molar refractivity (Wildman–Crippen MR) is 80.1 cm³/mol. The largest absolute Gasteiger partial charge is 0.433 e. The normalized spacial score (nSPS) is 17.9. The lowest BCUT2D eigenvalue weighted by Crippen LogP contribution is -2.46. The van der Waals surface area contributed by atoms with Crippen LogP contribution in [-0.4, -0.2) is 47.6 Å². The monoisotopic (exact) mass is 316 g/mol. The van der Waals surface area contributed by atoms with Gasteiger partial charge in [-0.1, -0.05) is 27.7 Å². The molecule has 2 heterocycles. The lowest BCUT2D eigenvalue weighted by Gasteiger charge is -2.35. The second kappa shape index (κ2) is 6.02. The fourth-order valence-electron chi connectivity index (χ4n) is 2.37. The van der Waals surface area contributed by atoms with Gasteiger partial charge < -0.3 is 9.80 Å². The lowest BCUT2D eigenvalue weighted by atomic mass is 9.95. The van der Waals surface area contributed by atoms with Crippen LogP contribution in [-0.2, 0) is 11.6 Å². The number of alkyl halides is 3. The van der Waals surface area contributed by atoms with Crippen LogP contribution in [0.5, 0.6) is 0 Å². The molecule has 22 heavy (non-hydrogen) atoms. The van der Waals surface area contributed by atoms with Crippen LogP contribution in [0, 0.1) is 0 Å². The molecule has 0 bridgehead atoms. The number of nitrogens with zero attached hydrogens (tertiary/aromatic N) is 4. The number of halogens is 3. The maximum atomic E-state index is 13.1. The van der Waals surface area contributed by atoms with Gasteiger partial charge >= 0.3 is 6.18 Å². The van der Waals surface area contributed by atoms with Crippen molar-refractivity contribution in [1.29, 1.82) is 0 Å². The summed E-state index contributed by atoms with van der Waals surface area (Å²) in [7, 11) is 0. The molecular weight excluding hydrogens is 293 g/mol. The first-order valence-corrected chi connectivity index (χ1v) is 7.55. The van der Waals surface area contributed by atoms with E-state index in [1.807, 2.05) is 25.7 Å². The van der Waals surface area contributed by atoms with Crippen LogP contribution in [0.3, 0.4) is 0 Å². The van der Waals surface area contributed by atoms with Crippen LogP contribution < -0.4 is 4.90 Å². The summed E-state index contributed by atoms with van der Waals surface area (Å²) in [6, 6.07) is 1.07. The van der Waals surface area contributed by atoms with E-state index in [4.69, 9.17) is 0 Å². The second-order valence-corrected chi connectivity index (χ2v) is 6.60. The molecule has 1 aliphatic heterocycles. The van der Waals surface area contributed by atoms with Gasteiger partial charge in [0.05, 0.1) is 0 Å². The third-order valence-corrected chi connectivity index (χ3v) is 3.82. The third-order valence-electron chi connectivity index (χ3n) is 3.82. The van der Waals surface area contributed by atoms with Gasteiger partial charge in [0.1, 0.15) is 17.3 Å². The molecule has 0 unspecified atom stereocenters. The van der Waals surface area contributed by atoms with Crippen molar-refractivity contribution in [2.75, 3.05) is 37.6 Å². The summed E-state index contributed by atoms with van der Waals surface area (Å²) in [6.07, 6.45) is -4.46. The van der Waals surface area contributed by atoms with Crippen molar-refractivity contribution in [3.63, 3.8) is 0 Å². The molecule has 0 radical (unpaired) electrons. The quantitative estimate of drug-likeness (QED) is 0.840. The molecule has 7 heteroatoms. The van der Waals surface area contributed by atoms with E-state index in [1.165, 1.54) is 0 Å². The number of aromatic nitrogens is 2. The lowest BCUT2D eigenvalue weighted by molar-refractivity contribution is -0.141. The van der Waals surface area contributed by atoms with Crippen molar-refractivity contribution in [2.45, 2.75) is 39.3 Å². The Morgan fingerprint density at radius 2 is 1.64 bits per heavy atom. The van der Waals surface area contributed by atoms with E-state index in [0.29, 0.717) is 18.9 Å². The molecule has 4 nitrogen and oxygen atoms in total. The van der Waals surface area contributed by atoms with Crippen molar-refractivity contribution >= 4 is 5.82 Å². The molecule has 1 saturated heterocycles. The number of rotatable bonds is 2. The summed E-state index contributed by atoms with van der Waals surface area (Å²) in [4.78, 5) is 12.3. The van der Waals surface area contributed by atoms with Crippen LogP contribution in [0.15, 0.2) is 6.07 Å². The molecule has 124 valence electrons. The molecule has 0 saturated carbocycles. The minimum Gasteiger partial charge on any atom is -0.354 e. The van der Waals surface area contributed by atoms with Crippen LogP contribution in [0.4, 0.5) is 19.0 Å². The zero-order valence-corrected chi connectivity index (χ0v) is 13.5. The SMILES string of the molecule is CCN1CCN(c2cc(C(F)(F)F)nc(C(C)(C)C)n2)CC1. The standard InChI is InChI=1S/C15H23F3N4/c1-5-21-6-8-22(9-7-21)12-10-11(15(16,17)18)19-13(20-12)14(2,3)4/h10H,5-9H2,1-4H3. The average molecular weight is 316 g/mol. The molecule has 0 N–H and O–H groups in total. The molecule has 0 aliphatic carbocycles. The van der Waals surface area contributed by atoms with Gasteiger partial charge in [-0.25, -0.2) is 9.97 Å². The Morgan fingerprint density at radius 3 is 2.09 bits per heavy atom. The van der Waals surface area contributed by atoms with E-state index >= 15 is 0 Å². The van der Waals surface area contributed by atoms with Crippen LogP contribution >= 0.6 is 0 Å². The fraction of sp³-hybridized carbons (Fsp3) is 0.733. The summed E-state index contributed by atoms with van der Waals surface area (Å²) >= 11 is 0. The fourth-order valence-corrected chi connectivity index (χ4v) is 2.37. The van der Waals surface area contributed by atoms with E-state index in [-0.39, 0.29) is 5.82 Å². The molecule has 0 atom stereocenters. The summed E-state index contributed by atoms with van der Waals surface area (Å²) in [5.74, 6) is 0.609. The number of likely N-dealkylation sites (N-methyl/N-ethyl adjacent to an activating group) is 1. The van der Waals surface area contributed by atoms with Gasteiger partial charge in [0.25, 0.3) is 0 Å². The highest BCUT2D eigenvalue weighted by atomic mass is 19.4. The van der Waals surface area contributed by atoms with Gasteiger partial charge in [0.15, 0.2) is 0 Å². The summed E-state index contributed by atoms with van der Waals surface area (Å²) < 4.78 is 39.3. The van der Waals surface area contributed by atoms with Crippen LogP contribution in [0.1, 0.15) is 39.2 Å². The van der Waals surface area contributed by atoms with Gasteiger partial charge in [0, 0.05) is 37.7 Å². The number of piperazine rings is 1. The summed E-state index contributed by atoms with van der Waals surface area (Å²) in [6.45, 7) is 11.6. The van der Waals surface area contributed by atoms with Crippen molar-refractivity contribution in [1.82, 2.24) is 14.9 Å². The molecule has 0 spiro atoms. The Kier molecular flexibility index (Phi) is 4.65. The Bertz CT molecular complexity index is 482. The molecule has 1 aromatic rings. The summed E-state index contributed by atoms with van der Waals surface area (Å²) in [5.41, 5.74) is -1.39. The van der Waals surface area contributed by atoms with E-state index in [2.05, 4.69) is 21.8 Å². The first kappa shape index (κ1) is 17.0. The average Bonchev–Trinajstić information content (AvgIpc) is 2.45. The predicted octanol–water partition coefficient (Wildman–Crippen LogP) is 2.93. The van der Waals surface area contributed by atoms with Gasteiger partial charge in [-0.2, -0.15) is 13.2 Å². The highest BCUT2D eigenvalue weighted by Gasteiger charge is 2.35. The molecule has 1 fully saturated rings. The second-order valence-electron chi connectivity index (χ2n) is 6.60. The van der Waals surface area contributed by atoms with Crippen LogP contribution in [0.25, 0.3) is 0 Å². The van der Waals surface area contributed by atoms with E-state index < -0.39 is 17.3 Å². The highest BCUT2D eigenvalue weighted by Crippen LogP contribution is 2.32. The maximum Gasteiger partial charge on any atom is 0.433 e. The number of anilines is 1. The van der Waals surface area contributed by atoms with Crippen LogP contribution in [0.2, 0.25) is 0 Å². The Balaban J connectivity index is 2.35. The van der Waals surface area contributed by atoms with Gasteiger partial charge in [-0.3, -0.25) is 0 Å². The maximum absolute atomic E-state index is 13.1. The Morgan fingerprint density at radius 1 is 1.05 bits per heavy atom. The summed E-state index contributed by atoms with van der Waals surface area (Å²) in [5, 5.41) is 0. The Hall–Kier alpha value is -1.37. The van der Waals surface area contributed by atoms with E-state index in [1.54, 1.807) is 0 Å².